The zero-order valence-electron chi connectivity index (χ0n) is 25.5. The molecule has 0 bridgehead atoms. The molecule has 250 valence electrons. The van der Waals surface area contributed by atoms with E-state index in [0.29, 0.717) is 86.8 Å². The summed E-state index contributed by atoms with van der Waals surface area (Å²) in [6.45, 7) is 3.15. The molecule has 17 heteroatoms. The van der Waals surface area contributed by atoms with Gasteiger partial charge in [0.2, 0.25) is 5.91 Å². The van der Waals surface area contributed by atoms with Gasteiger partial charge < -0.3 is 20.1 Å². The van der Waals surface area contributed by atoms with Gasteiger partial charge in [-0.05, 0) is 57.4 Å². The molecule has 46 heavy (non-hydrogen) atoms. The molecule has 2 aliphatic heterocycles. The number of hydrogen-bond donors (Lipinski definition) is 2. The van der Waals surface area contributed by atoms with E-state index in [-0.39, 0.29) is 30.7 Å². The molecule has 2 N–H and O–H groups in total. The van der Waals surface area contributed by atoms with Crippen LogP contribution in [0.5, 0.6) is 0 Å². The Kier molecular flexibility index (Phi) is 9.67. The fourth-order valence-corrected chi connectivity index (χ4v) is 7.04. The van der Waals surface area contributed by atoms with Gasteiger partial charge in [-0.15, -0.1) is 0 Å². The molecule has 5 unspecified atom stereocenters. The maximum atomic E-state index is 14.8. The van der Waals surface area contributed by atoms with Crippen LogP contribution in [0.3, 0.4) is 0 Å². The van der Waals surface area contributed by atoms with E-state index in [9.17, 15) is 22.8 Å². The van der Waals surface area contributed by atoms with Gasteiger partial charge >= 0.3 is 0 Å². The highest BCUT2D eigenvalue weighted by molar-refractivity contribution is 7.18. The van der Waals surface area contributed by atoms with Crippen LogP contribution in [0.25, 0.3) is 5.78 Å². The average molecular weight is 683 g/mol. The van der Waals surface area contributed by atoms with Crippen LogP contribution in [0.4, 0.5) is 13.2 Å². The maximum Gasteiger partial charge on any atom is 0.286 e. The Bertz CT molecular complexity index is 1570. The summed E-state index contributed by atoms with van der Waals surface area (Å²) in [5, 5.41) is 13.3. The number of fused-ring (bicyclic) bond motifs is 1. The number of aromatic nitrogens is 6. The van der Waals surface area contributed by atoms with Crippen molar-refractivity contribution in [2.75, 3.05) is 19.8 Å². The summed E-state index contributed by atoms with van der Waals surface area (Å²) in [7, 11) is 3.77. The van der Waals surface area contributed by atoms with Gasteiger partial charge in [0.05, 0.1) is 35.9 Å². The van der Waals surface area contributed by atoms with Crippen molar-refractivity contribution in [2.24, 2.45) is 5.92 Å². The molecular weight excluding hydrogens is 643 g/mol. The molecule has 2 amide bonds. The first-order valence-electron chi connectivity index (χ1n) is 15.7. The quantitative estimate of drug-likeness (QED) is 0.328. The van der Waals surface area contributed by atoms with Crippen LogP contribution < -0.4 is 10.6 Å². The zero-order chi connectivity index (χ0) is 32.6. The molecule has 0 aromatic carbocycles. The number of imidazole rings is 1. The number of aryl methyl sites for hydroxylation is 1. The van der Waals surface area contributed by atoms with Gasteiger partial charge in [-0.3, -0.25) is 14.3 Å². The Morgan fingerprint density at radius 2 is 1.98 bits per heavy atom. The van der Waals surface area contributed by atoms with E-state index in [4.69, 9.17) is 24.5 Å². The number of amides is 2. The van der Waals surface area contributed by atoms with Crippen molar-refractivity contribution in [1.29, 1.82) is 0 Å². The molecule has 3 fully saturated rings. The van der Waals surface area contributed by atoms with Crippen LogP contribution in [0.1, 0.15) is 85.0 Å². The van der Waals surface area contributed by atoms with Crippen LogP contribution in [0.15, 0.2) is 18.5 Å². The highest BCUT2D eigenvalue weighted by atomic mass is 31.0. The summed E-state index contributed by atoms with van der Waals surface area (Å²) in [6.07, 6.45) is 3.53. The number of carbonyl (C=O) groups excluding carboxylic acids is 2. The average Bonchev–Trinajstić information content (AvgIpc) is 3.67. The molecule has 1 aliphatic carbocycles. The molecule has 0 radical (unpaired) electrons. The Labute approximate surface area is 268 Å². The molecule has 1 saturated carbocycles. The topological polar surface area (TPSA) is 138 Å². The number of morpholine rings is 1. The smallest absolute Gasteiger partial charge is 0.286 e. The SMILES string of the molecule is CCn1nccc1C(=O)NC(c1cn2nc(CC3OC(C(F)(F)P)CNC3=O)c(C3CCOCC3)nc2n1)C1CCC(F)(P)CC1. The first-order chi connectivity index (χ1) is 21.9. The minimum Gasteiger partial charge on any atom is -0.381 e. The number of rotatable bonds is 9. The van der Waals surface area contributed by atoms with Crippen molar-refractivity contribution in [3.8, 4) is 0 Å². The second-order valence-electron chi connectivity index (χ2n) is 12.3. The van der Waals surface area contributed by atoms with E-state index < -0.39 is 35.2 Å². The van der Waals surface area contributed by atoms with Crippen LogP contribution in [-0.2, 0) is 27.2 Å². The van der Waals surface area contributed by atoms with Gasteiger partial charge in [-0.2, -0.15) is 19.0 Å². The standard InChI is InChI=1S/C29H39F3N8O4P2/c1-2-39-20(5-10-34-39)25(41)36-24(16-3-8-28(30,45)9-4-16)19-15-40-27(35-19)37-23(17-6-11-43-12-7-17)18(38-40)13-21-26(42)33-14-22(44-21)29(31,32)46/h5,10,15-17,21-22,24H,2-4,6-9,11-14,45-46H2,1H3,(H,33,42)(H,36,41). The second-order valence-corrected chi connectivity index (χ2v) is 14.1. The Morgan fingerprint density at radius 1 is 1.24 bits per heavy atom. The number of alkyl halides is 3. The van der Waals surface area contributed by atoms with Crippen molar-refractivity contribution < 1.29 is 32.2 Å². The summed E-state index contributed by atoms with van der Waals surface area (Å²) >= 11 is 0. The second kappa shape index (κ2) is 13.4. The molecule has 3 aromatic heterocycles. The van der Waals surface area contributed by atoms with Gasteiger partial charge in [0, 0.05) is 38.3 Å². The fourth-order valence-electron chi connectivity index (χ4n) is 6.51. The summed E-state index contributed by atoms with van der Waals surface area (Å²) in [5.74, 6) is -0.676. The fraction of sp³-hybridized carbons (Fsp3) is 0.655. The third kappa shape index (κ3) is 7.22. The van der Waals surface area contributed by atoms with Crippen LogP contribution in [0.2, 0.25) is 0 Å². The number of halogens is 3. The van der Waals surface area contributed by atoms with Crippen molar-refractivity contribution in [1.82, 2.24) is 40.0 Å². The van der Waals surface area contributed by atoms with E-state index in [2.05, 4.69) is 25.0 Å². The van der Waals surface area contributed by atoms with Crippen molar-refractivity contribution >= 4 is 36.1 Å². The lowest BCUT2D eigenvalue weighted by Crippen LogP contribution is -2.54. The number of nitrogens with zero attached hydrogens (tertiary/aromatic N) is 6. The monoisotopic (exact) mass is 682 g/mol. The van der Waals surface area contributed by atoms with Gasteiger partial charge in [0.1, 0.15) is 23.3 Å². The summed E-state index contributed by atoms with van der Waals surface area (Å²) in [6, 6.07) is 1.08. The number of hydrogen-bond acceptors (Lipinski definition) is 8. The number of nitrogens with one attached hydrogen (secondary N) is 2. The molecule has 3 aromatic rings. The van der Waals surface area contributed by atoms with Crippen molar-refractivity contribution in [3.63, 3.8) is 0 Å². The van der Waals surface area contributed by atoms with Gasteiger partial charge in [-0.25, -0.2) is 18.9 Å². The minimum absolute atomic E-state index is 0.0464. The Balaban J connectivity index is 1.35. The summed E-state index contributed by atoms with van der Waals surface area (Å²) in [5.41, 5.74) is -1.26. The van der Waals surface area contributed by atoms with Gasteiger partial charge in [-0.1, -0.05) is 18.5 Å². The zero-order valence-corrected chi connectivity index (χ0v) is 27.8. The van der Waals surface area contributed by atoms with Crippen LogP contribution in [0, 0.1) is 5.92 Å². The van der Waals surface area contributed by atoms with E-state index in [0.717, 1.165) is 0 Å². The highest BCUT2D eigenvalue weighted by Crippen LogP contribution is 2.44. The molecular formula is C29H39F3N8O4P2. The maximum absolute atomic E-state index is 14.8. The number of ether oxygens (including phenoxy) is 2. The van der Waals surface area contributed by atoms with E-state index in [1.807, 2.05) is 6.92 Å². The van der Waals surface area contributed by atoms with Gasteiger partial charge in [0.25, 0.3) is 17.3 Å². The van der Waals surface area contributed by atoms with Crippen molar-refractivity contribution in [2.45, 2.75) is 93.7 Å². The van der Waals surface area contributed by atoms with Crippen molar-refractivity contribution in [3.05, 3.63) is 41.2 Å². The number of carbonyl (C=O) groups is 2. The first kappa shape index (κ1) is 33.2. The third-order valence-electron chi connectivity index (χ3n) is 9.12. The predicted octanol–water partition coefficient (Wildman–Crippen LogP) is 3.33. The predicted molar refractivity (Wildman–Crippen MR) is 167 cm³/mol. The van der Waals surface area contributed by atoms with Gasteiger partial charge in [0.15, 0.2) is 0 Å². The normalized spacial score (nSPS) is 27.0. The van der Waals surface area contributed by atoms with Crippen LogP contribution >= 0.6 is 18.5 Å². The molecule has 6 rings (SSSR count). The third-order valence-corrected chi connectivity index (χ3v) is 10.1. The Morgan fingerprint density at radius 3 is 2.67 bits per heavy atom. The van der Waals surface area contributed by atoms with E-state index in [1.165, 1.54) is 13.8 Å². The Hall–Kier alpha value is -2.73. The lowest BCUT2D eigenvalue weighted by atomic mass is 9.81. The molecule has 0 spiro atoms. The van der Waals surface area contributed by atoms with E-state index in [1.54, 1.807) is 23.1 Å². The molecule has 2 saturated heterocycles. The molecule has 5 heterocycles. The molecule has 5 atom stereocenters. The van der Waals surface area contributed by atoms with E-state index >= 15 is 0 Å². The minimum atomic E-state index is -3.23. The summed E-state index contributed by atoms with van der Waals surface area (Å²) in [4.78, 5) is 35.9. The van der Waals surface area contributed by atoms with Crippen LogP contribution in [-0.4, -0.2) is 84.2 Å². The largest absolute Gasteiger partial charge is 0.381 e. The molecule has 12 nitrogen and oxygen atoms in total. The summed E-state index contributed by atoms with van der Waals surface area (Å²) < 4.78 is 57.2. The lowest BCUT2D eigenvalue weighted by molar-refractivity contribution is -0.160. The lowest BCUT2D eigenvalue weighted by Gasteiger charge is -2.35. The molecule has 3 aliphatic rings. The first-order valence-corrected chi connectivity index (χ1v) is 16.8. The highest BCUT2D eigenvalue weighted by Gasteiger charge is 2.43.